The topological polar surface area (TPSA) is 34.9 Å². The van der Waals surface area contributed by atoms with E-state index in [1.165, 1.54) is 0 Å². The predicted octanol–water partition coefficient (Wildman–Crippen LogP) is 4.11. The molecule has 0 atom stereocenters. The average Bonchev–Trinajstić information content (AvgIpc) is 2.67. The molecule has 1 heterocycles. The van der Waals surface area contributed by atoms with Crippen molar-refractivity contribution in [2.24, 2.45) is 24.3 Å². The molecule has 0 unspecified atom stereocenters. The van der Waals surface area contributed by atoms with Gasteiger partial charge in [0.25, 0.3) is 0 Å². The van der Waals surface area contributed by atoms with Crippen molar-refractivity contribution in [2.45, 2.75) is 46.5 Å². The highest BCUT2D eigenvalue weighted by molar-refractivity contribution is 6.33. The standard InChI is InChI=1S/C15H23ClN2O/c1-15(2,3)11-7-5-10(6-8-11)14(19)13-12(16)9-17-18(13)4/h9-11H,5-8H2,1-4H3. The first-order valence-corrected chi connectivity index (χ1v) is 7.40. The normalized spacial score (nSPS) is 24.5. The number of hydrogen-bond donors (Lipinski definition) is 0. The van der Waals surface area contributed by atoms with Crippen LogP contribution in [0.5, 0.6) is 0 Å². The van der Waals surface area contributed by atoms with Gasteiger partial charge in [0.1, 0.15) is 5.69 Å². The molecule has 1 aromatic rings. The van der Waals surface area contributed by atoms with E-state index >= 15 is 0 Å². The van der Waals surface area contributed by atoms with E-state index in [4.69, 9.17) is 11.6 Å². The molecule has 19 heavy (non-hydrogen) atoms. The molecular formula is C15H23ClN2O. The van der Waals surface area contributed by atoms with Crippen LogP contribution in [0.25, 0.3) is 0 Å². The lowest BCUT2D eigenvalue weighted by atomic mass is 9.69. The van der Waals surface area contributed by atoms with E-state index in [1.807, 2.05) is 0 Å². The molecule has 0 N–H and O–H groups in total. The number of ketones is 1. The van der Waals surface area contributed by atoms with Gasteiger partial charge in [-0.3, -0.25) is 9.48 Å². The Hall–Kier alpha value is -0.830. The van der Waals surface area contributed by atoms with E-state index in [2.05, 4.69) is 25.9 Å². The summed E-state index contributed by atoms with van der Waals surface area (Å²) in [6.07, 6.45) is 5.77. The van der Waals surface area contributed by atoms with Gasteiger partial charge >= 0.3 is 0 Å². The van der Waals surface area contributed by atoms with Gasteiger partial charge in [0.2, 0.25) is 0 Å². The van der Waals surface area contributed by atoms with Crippen LogP contribution in [-0.4, -0.2) is 15.6 Å². The quantitative estimate of drug-likeness (QED) is 0.765. The maximum atomic E-state index is 12.5. The molecule has 1 aromatic heterocycles. The third-order valence-corrected chi connectivity index (χ3v) is 4.73. The Morgan fingerprint density at radius 1 is 1.32 bits per heavy atom. The first-order valence-electron chi connectivity index (χ1n) is 7.02. The van der Waals surface area contributed by atoms with Crippen LogP contribution in [0.1, 0.15) is 56.9 Å². The monoisotopic (exact) mass is 282 g/mol. The van der Waals surface area contributed by atoms with Crippen molar-refractivity contribution in [1.82, 2.24) is 9.78 Å². The molecular weight excluding hydrogens is 260 g/mol. The van der Waals surface area contributed by atoms with Crippen molar-refractivity contribution in [3.8, 4) is 0 Å². The average molecular weight is 283 g/mol. The van der Waals surface area contributed by atoms with E-state index in [9.17, 15) is 4.79 Å². The number of hydrogen-bond acceptors (Lipinski definition) is 2. The smallest absolute Gasteiger partial charge is 0.185 e. The number of halogens is 1. The number of carbonyl (C=O) groups excluding carboxylic acids is 1. The number of aryl methyl sites for hydroxylation is 1. The number of carbonyl (C=O) groups is 1. The van der Waals surface area contributed by atoms with E-state index in [0.29, 0.717) is 16.1 Å². The van der Waals surface area contributed by atoms with Gasteiger partial charge in [0, 0.05) is 13.0 Å². The van der Waals surface area contributed by atoms with Crippen LogP contribution < -0.4 is 0 Å². The van der Waals surface area contributed by atoms with Crippen LogP contribution in [-0.2, 0) is 7.05 Å². The Bertz CT molecular complexity index is 445. The Morgan fingerprint density at radius 2 is 1.89 bits per heavy atom. The van der Waals surface area contributed by atoms with Gasteiger partial charge in [0.05, 0.1) is 11.2 Å². The fourth-order valence-electron chi connectivity index (χ4n) is 3.10. The molecule has 1 saturated carbocycles. The first kappa shape index (κ1) is 14.6. The number of nitrogens with zero attached hydrogens (tertiary/aromatic N) is 2. The summed E-state index contributed by atoms with van der Waals surface area (Å²) in [7, 11) is 1.78. The third kappa shape index (κ3) is 3.02. The summed E-state index contributed by atoms with van der Waals surface area (Å²) in [6, 6.07) is 0. The minimum Gasteiger partial charge on any atom is -0.292 e. The molecule has 0 saturated heterocycles. The van der Waals surface area contributed by atoms with Gasteiger partial charge in [-0.15, -0.1) is 0 Å². The number of aromatic nitrogens is 2. The maximum Gasteiger partial charge on any atom is 0.185 e. The molecule has 4 heteroatoms. The van der Waals surface area contributed by atoms with Gasteiger partial charge in [-0.2, -0.15) is 5.10 Å². The second-order valence-corrected chi connectivity index (χ2v) is 7.15. The van der Waals surface area contributed by atoms with Crippen molar-refractivity contribution in [3.63, 3.8) is 0 Å². The van der Waals surface area contributed by atoms with Crippen LogP contribution in [0.15, 0.2) is 6.20 Å². The summed E-state index contributed by atoms with van der Waals surface area (Å²) in [4.78, 5) is 12.5. The van der Waals surface area contributed by atoms with Crippen LogP contribution in [0.2, 0.25) is 5.02 Å². The summed E-state index contributed by atoms with van der Waals surface area (Å²) < 4.78 is 1.60. The Balaban J connectivity index is 2.04. The van der Waals surface area contributed by atoms with Gasteiger partial charge < -0.3 is 0 Å². The molecule has 106 valence electrons. The molecule has 0 aliphatic heterocycles. The van der Waals surface area contributed by atoms with Crippen LogP contribution in [0.3, 0.4) is 0 Å². The van der Waals surface area contributed by atoms with Gasteiger partial charge in [-0.1, -0.05) is 32.4 Å². The summed E-state index contributed by atoms with van der Waals surface area (Å²) in [5, 5.41) is 4.53. The van der Waals surface area contributed by atoms with E-state index < -0.39 is 0 Å². The van der Waals surface area contributed by atoms with E-state index in [0.717, 1.165) is 31.6 Å². The zero-order valence-electron chi connectivity index (χ0n) is 12.2. The lowest BCUT2D eigenvalue weighted by molar-refractivity contribution is 0.0810. The van der Waals surface area contributed by atoms with Gasteiger partial charge in [-0.05, 0) is 37.0 Å². The number of Topliss-reactive ketones (excluding diaryl/α,β-unsaturated/α-hetero) is 1. The largest absolute Gasteiger partial charge is 0.292 e. The summed E-state index contributed by atoms with van der Waals surface area (Å²) in [5.74, 6) is 1.00. The minimum atomic E-state index is 0.117. The zero-order chi connectivity index (χ0) is 14.2. The Kier molecular flexibility index (Phi) is 4.05. The Labute approximate surface area is 120 Å². The zero-order valence-corrected chi connectivity index (χ0v) is 13.0. The highest BCUT2D eigenvalue weighted by Gasteiger charge is 2.34. The highest BCUT2D eigenvalue weighted by Crippen LogP contribution is 2.40. The second kappa shape index (κ2) is 5.28. The molecule has 0 radical (unpaired) electrons. The molecule has 1 aliphatic rings. The molecule has 3 nitrogen and oxygen atoms in total. The van der Waals surface area contributed by atoms with E-state index in [-0.39, 0.29) is 11.7 Å². The lowest BCUT2D eigenvalue weighted by Crippen LogP contribution is -2.29. The second-order valence-electron chi connectivity index (χ2n) is 6.74. The van der Waals surface area contributed by atoms with Crippen molar-refractivity contribution >= 4 is 17.4 Å². The fraction of sp³-hybridized carbons (Fsp3) is 0.733. The fourth-order valence-corrected chi connectivity index (χ4v) is 3.36. The highest BCUT2D eigenvalue weighted by atomic mass is 35.5. The van der Waals surface area contributed by atoms with Crippen molar-refractivity contribution in [2.75, 3.05) is 0 Å². The molecule has 1 aliphatic carbocycles. The van der Waals surface area contributed by atoms with Crippen LogP contribution >= 0.6 is 11.6 Å². The molecule has 2 rings (SSSR count). The van der Waals surface area contributed by atoms with Crippen LogP contribution in [0.4, 0.5) is 0 Å². The van der Waals surface area contributed by atoms with Crippen LogP contribution in [0, 0.1) is 17.3 Å². The number of rotatable bonds is 2. The molecule has 0 spiro atoms. The molecule has 0 bridgehead atoms. The van der Waals surface area contributed by atoms with Crippen molar-refractivity contribution < 1.29 is 4.79 Å². The summed E-state index contributed by atoms with van der Waals surface area (Å²) in [5.41, 5.74) is 0.916. The van der Waals surface area contributed by atoms with Crippen molar-refractivity contribution in [1.29, 1.82) is 0 Å². The third-order valence-electron chi connectivity index (χ3n) is 4.45. The molecule has 0 aromatic carbocycles. The van der Waals surface area contributed by atoms with Crippen molar-refractivity contribution in [3.05, 3.63) is 16.9 Å². The predicted molar refractivity (Wildman–Crippen MR) is 77.5 cm³/mol. The molecule has 1 fully saturated rings. The SMILES string of the molecule is Cn1ncc(Cl)c1C(=O)C1CCC(C(C)(C)C)CC1. The lowest BCUT2D eigenvalue weighted by Gasteiger charge is -2.36. The maximum absolute atomic E-state index is 12.5. The van der Waals surface area contributed by atoms with Gasteiger partial charge in [-0.25, -0.2) is 0 Å². The Morgan fingerprint density at radius 3 is 2.32 bits per heavy atom. The summed E-state index contributed by atoms with van der Waals surface area (Å²) in [6.45, 7) is 6.87. The minimum absolute atomic E-state index is 0.117. The first-order chi connectivity index (χ1) is 8.80. The summed E-state index contributed by atoms with van der Waals surface area (Å²) >= 11 is 6.06. The van der Waals surface area contributed by atoms with E-state index in [1.54, 1.807) is 17.9 Å². The van der Waals surface area contributed by atoms with Gasteiger partial charge in [0.15, 0.2) is 5.78 Å². The molecule has 0 amide bonds.